The minimum atomic E-state index is -3.66. The molecule has 1 atom stereocenters. The summed E-state index contributed by atoms with van der Waals surface area (Å²) in [5.74, 6) is -0.215. The molecule has 1 aliphatic rings. The van der Waals surface area contributed by atoms with Crippen LogP contribution in [0.15, 0.2) is 66.1 Å². The van der Waals surface area contributed by atoms with E-state index in [1.807, 2.05) is 60.7 Å². The van der Waals surface area contributed by atoms with Crippen LogP contribution in [0.1, 0.15) is 30.4 Å². The topological polar surface area (TPSA) is 66.5 Å². The third kappa shape index (κ3) is 5.53. The van der Waals surface area contributed by atoms with Crippen molar-refractivity contribution < 1.29 is 13.2 Å². The summed E-state index contributed by atoms with van der Waals surface area (Å²) in [5, 5.41) is 4.11. The molecule has 28 heavy (non-hydrogen) atoms. The molecule has 1 aliphatic heterocycles. The van der Waals surface area contributed by atoms with Gasteiger partial charge in [-0.25, -0.2) is 8.42 Å². The predicted octanol–water partition coefficient (Wildman–Crippen LogP) is 3.20. The highest BCUT2D eigenvalue weighted by molar-refractivity contribution is 7.92. The first-order chi connectivity index (χ1) is 13.6. The smallest absolute Gasteiger partial charge is 0.238 e. The van der Waals surface area contributed by atoms with E-state index in [4.69, 9.17) is 0 Å². The molecule has 2 aromatic rings. The van der Waals surface area contributed by atoms with Gasteiger partial charge in [-0.1, -0.05) is 67.1 Å². The second-order valence-electron chi connectivity index (χ2n) is 6.91. The number of benzene rings is 2. The molecule has 1 N–H and O–H groups in total. The molecule has 1 heterocycles. The molecule has 2 aromatic carbocycles. The van der Waals surface area contributed by atoms with Crippen molar-refractivity contribution in [3.63, 3.8) is 0 Å². The first kappa shape index (κ1) is 20.3. The van der Waals surface area contributed by atoms with Gasteiger partial charge < -0.3 is 5.32 Å². The Labute approximate surface area is 167 Å². The number of amides is 1. The molecule has 1 fully saturated rings. The van der Waals surface area contributed by atoms with Crippen LogP contribution in [0.2, 0.25) is 0 Å². The monoisotopic (exact) mass is 398 g/mol. The third-order valence-corrected chi connectivity index (χ3v) is 6.44. The number of nitrogens with one attached hydrogen (secondary N) is 1. The highest BCUT2D eigenvalue weighted by atomic mass is 32.2. The minimum Gasteiger partial charge on any atom is -0.354 e. The van der Waals surface area contributed by atoms with E-state index in [0.717, 1.165) is 30.4 Å². The van der Waals surface area contributed by atoms with Gasteiger partial charge in [0.15, 0.2) is 0 Å². The number of piperidine rings is 1. The van der Waals surface area contributed by atoms with E-state index in [1.54, 1.807) is 6.08 Å². The second kappa shape index (κ2) is 9.66. The number of nitrogens with zero attached hydrogens (tertiary/aromatic N) is 1. The lowest BCUT2D eigenvalue weighted by Crippen LogP contribution is -2.51. The quantitative estimate of drug-likeness (QED) is 0.779. The highest BCUT2D eigenvalue weighted by Crippen LogP contribution is 2.22. The van der Waals surface area contributed by atoms with Gasteiger partial charge in [0, 0.05) is 18.5 Å². The number of rotatable bonds is 7. The average Bonchev–Trinajstić information content (AvgIpc) is 2.74. The molecule has 0 aromatic heterocycles. The highest BCUT2D eigenvalue weighted by Gasteiger charge is 2.35. The van der Waals surface area contributed by atoms with Crippen LogP contribution >= 0.6 is 0 Å². The van der Waals surface area contributed by atoms with Crippen LogP contribution in [0.25, 0.3) is 6.08 Å². The van der Waals surface area contributed by atoms with Gasteiger partial charge in [0.25, 0.3) is 0 Å². The second-order valence-corrected chi connectivity index (χ2v) is 8.68. The molecule has 3 rings (SSSR count). The normalized spacial score (nSPS) is 18.2. The largest absolute Gasteiger partial charge is 0.354 e. The summed E-state index contributed by atoms with van der Waals surface area (Å²) in [6.45, 7) is 0.866. The zero-order chi connectivity index (χ0) is 19.8. The third-order valence-electron chi connectivity index (χ3n) is 4.87. The van der Waals surface area contributed by atoms with Crippen molar-refractivity contribution in [2.45, 2.75) is 31.7 Å². The lowest BCUT2D eigenvalue weighted by atomic mass is 10.0. The van der Waals surface area contributed by atoms with Crippen molar-refractivity contribution in [3.8, 4) is 0 Å². The van der Waals surface area contributed by atoms with E-state index in [1.165, 1.54) is 9.71 Å². The molecular formula is C22H26N2O3S. The van der Waals surface area contributed by atoms with Crippen molar-refractivity contribution >= 4 is 22.0 Å². The Balaban J connectivity index is 1.63. The number of hydrogen-bond donors (Lipinski definition) is 1. The Morgan fingerprint density at radius 1 is 1.04 bits per heavy atom. The molecule has 0 saturated carbocycles. The maximum atomic E-state index is 12.8. The van der Waals surface area contributed by atoms with Crippen LogP contribution in [-0.2, 0) is 21.2 Å². The summed E-state index contributed by atoms with van der Waals surface area (Å²) in [6, 6.07) is 18.5. The van der Waals surface area contributed by atoms with Crippen molar-refractivity contribution in [1.29, 1.82) is 0 Å². The summed E-state index contributed by atoms with van der Waals surface area (Å²) in [6.07, 6.45) is 4.47. The molecule has 0 unspecified atom stereocenters. The van der Waals surface area contributed by atoms with Gasteiger partial charge in [0.2, 0.25) is 15.9 Å². The minimum absolute atomic E-state index is 0.215. The molecule has 0 spiro atoms. The summed E-state index contributed by atoms with van der Waals surface area (Å²) in [4.78, 5) is 12.7. The maximum absolute atomic E-state index is 12.8. The van der Waals surface area contributed by atoms with Gasteiger partial charge in [-0.15, -0.1) is 0 Å². The first-order valence-electron chi connectivity index (χ1n) is 9.63. The Morgan fingerprint density at radius 2 is 1.71 bits per heavy atom. The van der Waals surface area contributed by atoms with Gasteiger partial charge in [0.1, 0.15) is 6.04 Å². The fourth-order valence-corrected chi connectivity index (χ4v) is 4.80. The van der Waals surface area contributed by atoms with E-state index >= 15 is 0 Å². The van der Waals surface area contributed by atoms with Crippen molar-refractivity contribution in [3.05, 3.63) is 77.2 Å². The van der Waals surface area contributed by atoms with E-state index in [9.17, 15) is 13.2 Å². The van der Waals surface area contributed by atoms with E-state index in [0.29, 0.717) is 19.5 Å². The van der Waals surface area contributed by atoms with Crippen LogP contribution in [0.3, 0.4) is 0 Å². The van der Waals surface area contributed by atoms with Gasteiger partial charge in [-0.3, -0.25) is 4.79 Å². The Hall–Kier alpha value is -2.44. The van der Waals surface area contributed by atoms with E-state index in [2.05, 4.69) is 5.32 Å². The fourth-order valence-electron chi connectivity index (χ4n) is 3.37. The van der Waals surface area contributed by atoms with Crippen LogP contribution in [0, 0.1) is 0 Å². The van der Waals surface area contributed by atoms with Crippen LogP contribution < -0.4 is 5.32 Å². The molecule has 5 nitrogen and oxygen atoms in total. The van der Waals surface area contributed by atoms with Gasteiger partial charge >= 0.3 is 0 Å². The van der Waals surface area contributed by atoms with Crippen LogP contribution in [0.4, 0.5) is 0 Å². The summed E-state index contributed by atoms with van der Waals surface area (Å²) in [7, 11) is -3.66. The zero-order valence-electron chi connectivity index (χ0n) is 15.8. The number of hydrogen-bond acceptors (Lipinski definition) is 3. The van der Waals surface area contributed by atoms with Crippen LogP contribution in [0.5, 0.6) is 0 Å². The van der Waals surface area contributed by atoms with Crippen LogP contribution in [-0.4, -0.2) is 37.8 Å². The zero-order valence-corrected chi connectivity index (χ0v) is 16.6. The molecule has 0 bridgehead atoms. The average molecular weight is 399 g/mol. The number of carbonyl (C=O) groups excluding carboxylic acids is 1. The van der Waals surface area contributed by atoms with Gasteiger partial charge in [-0.05, 0) is 36.5 Å². The number of carbonyl (C=O) groups is 1. The fraction of sp³-hybridized carbons (Fsp3) is 0.318. The summed E-state index contributed by atoms with van der Waals surface area (Å²) >= 11 is 0. The lowest BCUT2D eigenvalue weighted by Gasteiger charge is -2.32. The molecule has 1 saturated heterocycles. The lowest BCUT2D eigenvalue weighted by molar-refractivity contribution is -0.125. The SMILES string of the molecule is O=C(NCCc1ccccc1)[C@@H]1CCCCN1S(=O)(=O)/C=C/c1ccccc1. The van der Waals surface area contributed by atoms with Gasteiger partial charge in [0.05, 0.1) is 0 Å². The summed E-state index contributed by atoms with van der Waals surface area (Å²) < 4.78 is 27.0. The Bertz CT molecular complexity index is 896. The molecule has 6 heteroatoms. The molecule has 1 amide bonds. The van der Waals surface area contributed by atoms with Crippen molar-refractivity contribution in [2.75, 3.05) is 13.1 Å². The van der Waals surface area contributed by atoms with E-state index in [-0.39, 0.29) is 5.91 Å². The number of sulfonamides is 1. The molecule has 148 valence electrons. The Kier molecular flexibility index (Phi) is 7.01. The predicted molar refractivity (Wildman–Crippen MR) is 112 cm³/mol. The standard InChI is InChI=1S/C22H26N2O3S/c25-22(23-16-14-19-9-3-1-4-10-19)21-13-7-8-17-24(21)28(26,27)18-15-20-11-5-2-6-12-20/h1-6,9-12,15,18,21H,7-8,13-14,16-17H2,(H,23,25)/b18-15+/t21-/m0/s1. The van der Waals surface area contributed by atoms with Crippen molar-refractivity contribution in [1.82, 2.24) is 9.62 Å². The maximum Gasteiger partial charge on any atom is 0.238 e. The molecule has 0 radical (unpaired) electrons. The van der Waals surface area contributed by atoms with E-state index < -0.39 is 16.1 Å². The summed E-state index contributed by atoms with van der Waals surface area (Å²) in [5.41, 5.74) is 1.95. The van der Waals surface area contributed by atoms with Crippen molar-refractivity contribution in [2.24, 2.45) is 0 Å². The first-order valence-corrected chi connectivity index (χ1v) is 11.1. The van der Waals surface area contributed by atoms with Gasteiger partial charge in [-0.2, -0.15) is 4.31 Å². The molecule has 0 aliphatic carbocycles. The Morgan fingerprint density at radius 3 is 2.43 bits per heavy atom. The molecular weight excluding hydrogens is 372 g/mol.